The molecule has 1 amide bonds. The van der Waals surface area contributed by atoms with E-state index in [2.05, 4.69) is 16.7 Å². The van der Waals surface area contributed by atoms with Crippen LogP contribution in [-0.2, 0) is 11.0 Å². The molecule has 5 nitrogen and oxygen atoms in total. The molecule has 0 heterocycles. The topological polar surface area (TPSA) is 74.2 Å². The molecule has 1 fully saturated rings. The number of carbonyl (C=O) groups excluding carboxylic acids is 1. The fourth-order valence-electron chi connectivity index (χ4n) is 2.43. The zero-order valence-corrected chi connectivity index (χ0v) is 13.3. The average Bonchev–Trinajstić information content (AvgIpc) is 3.37. The van der Waals surface area contributed by atoms with Crippen molar-refractivity contribution in [1.82, 2.24) is 5.32 Å². The molecule has 0 aliphatic heterocycles. The molecule has 1 atom stereocenters. The Bertz CT molecular complexity index is 666. The Morgan fingerprint density at radius 1 is 1.42 bits per heavy atom. The maximum absolute atomic E-state index is 13.1. The molecule has 1 aliphatic rings. The lowest BCUT2D eigenvalue weighted by Crippen LogP contribution is -2.48. The summed E-state index contributed by atoms with van der Waals surface area (Å²) in [5.41, 5.74) is -2.12. The Hall–Kier alpha value is -2.43. The number of alkyl halides is 3. The summed E-state index contributed by atoms with van der Waals surface area (Å²) in [4.78, 5) is 12.0. The second-order valence-corrected chi connectivity index (χ2v) is 5.90. The number of amides is 1. The Kier molecular flexibility index (Phi) is 4.92. The lowest BCUT2D eigenvalue weighted by Gasteiger charge is -2.23. The molecule has 24 heavy (non-hydrogen) atoms. The smallest absolute Gasteiger partial charge is 0.418 e. The number of nitrogens with zero attached hydrogens (tertiary/aromatic N) is 1. The normalized spacial score (nSPS) is 16.7. The summed E-state index contributed by atoms with van der Waals surface area (Å²) in [5.74, 6) is -0.365. The standard InChI is InChI=1S/C16H18F3N3O2/c1-15(9-20,10-3-4-10)22-14(23)8-21-13-6-5-11(24-2)7-12(13)16(17,18)19/h5-7,10,21H,3-4,8H2,1-2H3,(H,22,23). The van der Waals surface area contributed by atoms with Gasteiger partial charge in [-0.1, -0.05) is 0 Å². The van der Waals surface area contributed by atoms with Gasteiger partial charge in [-0.05, 0) is 43.9 Å². The number of benzene rings is 1. The second-order valence-electron chi connectivity index (χ2n) is 5.90. The monoisotopic (exact) mass is 341 g/mol. The van der Waals surface area contributed by atoms with Crippen molar-refractivity contribution in [2.75, 3.05) is 19.0 Å². The molecule has 1 saturated carbocycles. The number of halogens is 3. The van der Waals surface area contributed by atoms with Crippen molar-refractivity contribution >= 4 is 11.6 Å². The summed E-state index contributed by atoms with van der Waals surface area (Å²) >= 11 is 0. The number of hydrogen-bond donors (Lipinski definition) is 2. The maximum Gasteiger partial charge on any atom is 0.418 e. The summed E-state index contributed by atoms with van der Waals surface area (Å²) in [5, 5.41) is 14.3. The number of hydrogen-bond acceptors (Lipinski definition) is 4. The summed E-state index contributed by atoms with van der Waals surface area (Å²) in [6.07, 6.45) is -2.87. The molecular formula is C16H18F3N3O2. The molecule has 1 aromatic rings. The minimum absolute atomic E-state index is 0.0723. The van der Waals surface area contributed by atoms with E-state index >= 15 is 0 Å². The molecule has 2 N–H and O–H groups in total. The third kappa shape index (κ3) is 4.10. The van der Waals surface area contributed by atoms with Gasteiger partial charge in [-0.3, -0.25) is 4.79 Å². The van der Waals surface area contributed by atoms with Crippen LogP contribution in [0.2, 0.25) is 0 Å². The van der Waals surface area contributed by atoms with Gasteiger partial charge in [-0.2, -0.15) is 18.4 Å². The van der Waals surface area contributed by atoms with Crippen LogP contribution in [0.5, 0.6) is 5.75 Å². The van der Waals surface area contributed by atoms with E-state index < -0.39 is 23.2 Å². The van der Waals surface area contributed by atoms with Crippen molar-refractivity contribution in [1.29, 1.82) is 5.26 Å². The number of rotatable bonds is 6. The van der Waals surface area contributed by atoms with Gasteiger partial charge in [-0.25, -0.2) is 0 Å². The molecule has 0 spiro atoms. The van der Waals surface area contributed by atoms with Crippen LogP contribution in [0.4, 0.5) is 18.9 Å². The van der Waals surface area contributed by atoms with Crippen LogP contribution < -0.4 is 15.4 Å². The van der Waals surface area contributed by atoms with Crippen LogP contribution in [0.3, 0.4) is 0 Å². The van der Waals surface area contributed by atoms with Crippen LogP contribution in [0.1, 0.15) is 25.3 Å². The molecule has 1 unspecified atom stereocenters. The lowest BCUT2D eigenvalue weighted by molar-refractivity contribution is -0.137. The molecule has 0 bridgehead atoms. The van der Waals surface area contributed by atoms with Crippen LogP contribution >= 0.6 is 0 Å². The SMILES string of the molecule is COc1ccc(NCC(=O)NC(C)(C#N)C2CC2)c(C(F)(F)F)c1. The van der Waals surface area contributed by atoms with E-state index in [0.717, 1.165) is 18.9 Å². The average molecular weight is 341 g/mol. The Balaban J connectivity index is 2.06. The van der Waals surface area contributed by atoms with Gasteiger partial charge >= 0.3 is 6.18 Å². The Morgan fingerprint density at radius 2 is 2.08 bits per heavy atom. The predicted molar refractivity (Wildman–Crippen MR) is 81.4 cm³/mol. The highest BCUT2D eigenvalue weighted by Gasteiger charge is 2.43. The highest BCUT2D eigenvalue weighted by molar-refractivity contribution is 5.82. The van der Waals surface area contributed by atoms with Crippen molar-refractivity contribution in [3.8, 4) is 11.8 Å². The van der Waals surface area contributed by atoms with Crippen molar-refractivity contribution < 1.29 is 22.7 Å². The fraction of sp³-hybridized carbons (Fsp3) is 0.500. The number of methoxy groups -OCH3 is 1. The fourth-order valence-corrected chi connectivity index (χ4v) is 2.43. The van der Waals surface area contributed by atoms with Gasteiger partial charge in [0.2, 0.25) is 5.91 Å². The molecule has 2 rings (SSSR count). The second kappa shape index (κ2) is 6.59. The zero-order chi connectivity index (χ0) is 18.0. The van der Waals surface area contributed by atoms with Crippen LogP contribution in [0.15, 0.2) is 18.2 Å². The number of nitrogens with one attached hydrogen (secondary N) is 2. The quantitative estimate of drug-likeness (QED) is 0.834. The molecule has 1 aliphatic carbocycles. The minimum atomic E-state index is -4.58. The van der Waals surface area contributed by atoms with E-state index in [4.69, 9.17) is 4.74 Å². The van der Waals surface area contributed by atoms with E-state index in [-0.39, 0.29) is 23.9 Å². The van der Waals surface area contributed by atoms with Gasteiger partial charge in [0.25, 0.3) is 0 Å². The third-order valence-electron chi connectivity index (χ3n) is 4.00. The van der Waals surface area contributed by atoms with Gasteiger partial charge < -0.3 is 15.4 Å². The number of anilines is 1. The summed E-state index contributed by atoms with van der Waals surface area (Å²) in [6, 6.07) is 5.51. The minimum Gasteiger partial charge on any atom is -0.497 e. The number of ether oxygens (including phenoxy) is 1. The first-order valence-corrected chi connectivity index (χ1v) is 7.41. The van der Waals surface area contributed by atoms with Crippen LogP contribution in [0.25, 0.3) is 0 Å². The summed E-state index contributed by atoms with van der Waals surface area (Å²) in [7, 11) is 1.27. The zero-order valence-electron chi connectivity index (χ0n) is 13.3. The van der Waals surface area contributed by atoms with E-state index in [9.17, 15) is 23.2 Å². The van der Waals surface area contributed by atoms with Gasteiger partial charge in [0.15, 0.2) is 0 Å². The van der Waals surface area contributed by atoms with Crippen LogP contribution in [-0.4, -0.2) is 25.1 Å². The lowest BCUT2D eigenvalue weighted by atomic mass is 9.98. The van der Waals surface area contributed by atoms with Crippen molar-refractivity contribution in [3.63, 3.8) is 0 Å². The molecule has 1 aromatic carbocycles. The van der Waals surface area contributed by atoms with E-state index in [1.807, 2.05) is 0 Å². The first-order chi connectivity index (χ1) is 11.2. The molecule has 8 heteroatoms. The first kappa shape index (κ1) is 17.9. The van der Waals surface area contributed by atoms with Gasteiger partial charge in [0.05, 0.1) is 25.3 Å². The van der Waals surface area contributed by atoms with Gasteiger partial charge in [0.1, 0.15) is 11.3 Å². The van der Waals surface area contributed by atoms with Crippen molar-refractivity contribution in [2.45, 2.75) is 31.5 Å². The Labute approximate surface area is 137 Å². The summed E-state index contributed by atoms with van der Waals surface area (Å²) in [6.45, 7) is 1.26. The van der Waals surface area contributed by atoms with E-state index in [0.29, 0.717) is 0 Å². The summed E-state index contributed by atoms with van der Waals surface area (Å²) < 4.78 is 44.1. The van der Waals surface area contributed by atoms with E-state index in [1.54, 1.807) is 6.92 Å². The predicted octanol–water partition coefficient (Wildman–Crippen LogP) is 2.93. The molecule has 0 aromatic heterocycles. The first-order valence-electron chi connectivity index (χ1n) is 7.41. The maximum atomic E-state index is 13.1. The number of nitriles is 1. The highest BCUT2D eigenvalue weighted by atomic mass is 19.4. The molecule has 0 saturated heterocycles. The van der Waals surface area contributed by atoms with Crippen LogP contribution in [0, 0.1) is 17.2 Å². The van der Waals surface area contributed by atoms with Gasteiger partial charge in [-0.15, -0.1) is 0 Å². The molecular weight excluding hydrogens is 323 g/mol. The molecule has 0 radical (unpaired) electrons. The number of carbonyl (C=O) groups is 1. The van der Waals surface area contributed by atoms with Crippen molar-refractivity contribution in [2.24, 2.45) is 5.92 Å². The third-order valence-corrected chi connectivity index (χ3v) is 4.00. The van der Waals surface area contributed by atoms with E-state index in [1.165, 1.54) is 19.2 Å². The Morgan fingerprint density at radius 3 is 2.58 bits per heavy atom. The highest BCUT2D eigenvalue weighted by Crippen LogP contribution is 2.39. The van der Waals surface area contributed by atoms with Gasteiger partial charge in [0, 0.05) is 5.69 Å². The van der Waals surface area contributed by atoms with Crippen molar-refractivity contribution in [3.05, 3.63) is 23.8 Å². The molecule has 130 valence electrons. The largest absolute Gasteiger partial charge is 0.497 e.